The van der Waals surface area contributed by atoms with Crippen LogP contribution >= 0.6 is 0 Å². The van der Waals surface area contributed by atoms with Crippen LogP contribution in [-0.2, 0) is 19.1 Å². The molecule has 0 radical (unpaired) electrons. The predicted octanol–water partition coefficient (Wildman–Crippen LogP) is 3.13. The van der Waals surface area contributed by atoms with Crippen LogP contribution in [0, 0.1) is 17.8 Å². The Bertz CT molecular complexity index is 335. The lowest BCUT2D eigenvalue weighted by Crippen LogP contribution is -2.36. The van der Waals surface area contributed by atoms with Gasteiger partial charge in [0.1, 0.15) is 6.61 Å². The van der Waals surface area contributed by atoms with E-state index >= 15 is 0 Å². The highest BCUT2D eigenvalue weighted by atomic mass is 16.5. The summed E-state index contributed by atoms with van der Waals surface area (Å²) in [5, 5.41) is 0. The SMILES string of the molecule is C=CCOC(=O)C(CC)C(C(=O)OC)C(C=C)CCC. The molecule has 0 aliphatic rings. The maximum atomic E-state index is 12.1. The summed E-state index contributed by atoms with van der Waals surface area (Å²) in [5.74, 6) is -1.91. The summed E-state index contributed by atoms with van der Waals surface area (Å²) in [6.07, 6.45) is 5.45. The van der Waals surface area contributed by atoms with Crippen LogP contribution in [0.3, 0.4) is 0 Å². The first-order chi connectivity index (χ1) is 9.56. The number of methoxy groups -OCH3 is 1. The van der Waals surface area contributed by atoms with E-state index in [4.69, 9.17) is 9.47 Å². The molecule has 0 saturated carbocycles. The van der Waals surface area contributed by atoms with E-state index in [0.717, 1.165) is 12.8 Å². The largest absolute Gasteiger partial charge is 0.469 e. The Hall–Kier alpha value is -1.58. The average molecular weight is 282 g/mol. The highest BCUT2D eigenvalue weighted by Gasteiger charge is 2.38. The van der Waals surface area contributed by atoms with Gasteiger partial charge in [-0.25, -0.2) is 0 Å². The van der Waals surface area contributed by atoms with Crippen molar-refractivity contribution in [2.45, 2.75) is 33.1 Å². The third kappa shape index (κ3) is 5.19. The van der Waals surface area contributed by atoms with Crippen molar-refractivity contribution in [3.63, 3.8) is 0 Å². The molecule has 114 valence electrons. The van der Waals surface area contributed by atoms with E-state index in [2.05, 4.69) is 13.2 Å². The van der Waals surface area contributed by atoms with Crippen LogP contribution in [0.25, 0.3) is 0 Å². The highest BCUT2D eigenvalue weighted by Crippen LogP contribution is 2.30. The molecule has 0 aromatic carbocycles. The summed E-state index contributed by atoms with van der Waals surface area (Å²) in [6, 6.07) is 0. The van der Waals surface area contributed by atoms with E-state index in [0.29, 0.717) is 6.42 Å². The van der Waals surface area contributed by atoms with Gasteiger partial charge in [-0.05, 0) is 18.8 Å². The van der Waals surface area contributed by atoms with E-state index in [1.807, 2.05) is 13.8 Å². The second kappa shape index (κ2) is 10.2. The average Bonchev–Trinajstić information content (AvgIpc) is 2.47. The van der Waals surface area contributed by atoms with E-state index in [-0.39, 0.29) is 24.5 Å². The van der Waals surface area contributed by atoms with Crippen LogP contribution < -0.4 is 0 Å². The molecule has 3 unspecified atom stereocenters. The van der Waals surface area contributed by atoms with Gasteiger partial charge in [0.15, 0.2) is 0 Å². The number of esters is 2. The van der Waals surface area contributed by atoms with Gasteiger partial charge in [0.25, 0.3) is 0 Å². The van der Waals surface area contributed by atoms with Gasteiger partial charge in [0.2, 0.25) is 0 Å². The number of carbonyl (C=O) groups excluding carboxylic acids is 2. The lowest BCUT2D eigenvalue weighted by molar-refractivity contribution is -0.160. The van der Waals surface area contributed by atoms with Crippen LogP contribution in [0.15, 0.2) is 25.3 Å². The molecule has 0 rings (SSSR count). The third-order valence-corrected chi connectivity index (χ3v) is 3.38. The third-order valence-electron chi connectivity index (χ3n) is 3.38. The molecule has 4 nitrogen and oxygen atoms in total. The zero-order chi connectivity index (χ0) is 15.5. The molecular formula is C16H26O4. The Kier molecular flexibility index (Phi) is 9.43. The first kappa shape index (κ1) is 18.4. The minimum Gasteiger partial charge on any atom is -0.469 e. The van der Waals surface area contributed by atoms with Gasteiger partial charge in [-0.2, -0.15) is 0 Å². The first-order valence-electron chi connectivity index (χ1n) is 7.05. The minimum absolute atomic E-state index is 0.0892. The molecule has 0 bridgehead atoms. The molecular weight excluding hydrogens is 256 g/mol. The van der Waals surface area contributed by atoms with Crippen molar-refractivity contribution >= 4 is 11.9 Å². The summed E-state index contributed by atoms with van der Waals surface area (Å²) < 4.78 is 9.96. The van der Waals surface area contributed by atoms with Crippen LogP contribution in [0.2, 0.25) is 0 Å². The van der Waals surface area contributed by atoms with E-state index in [1.54, 1.807) is 6.08 Å². The fraction of sp³-hybridized carbons (Fsp3) is 0.625. The van der Waals surface area contributed by atoms with Gasteiger partial charge < -0.3 is 9.47 Å². The molecule has 0 aliphatic carbocycles. The van der Waals surface area contributed by atoms with Crippen molar-refractivity contribution in [3.8, 4) is 0 Å². The fourth-order valence-electron chi connectivity index (χ4n) is 2.37. The smallest absolute Gasteiger partial charge is 0.310 e. The minimum atomic E-state index is -0.542. The summed E-state index contributed by atoms with van der Waals surface area (Å²) >= 11 is 0. The first-order valence-corrected chi connectivity index (χ1v) is 7.05. The Balaban J connectivity index is 5.22. The van der Waals surface area contributed by atoms with Crippen molar-refractivity contribution in [2.24, 2.45) is 17.8 Å². The summed E-state index contributed by atoms with van der Waals surface area (Å²) in [4.78, 5) is 24.2. The highest BCUT2D eigenvalue weighted by molar-refractivity contribution is 5.82. The standard InChI is InChI=1S/C16H26O4/c1-6-10-12(8-3)14(16(18)19-5)13(9-4)15(17)20-11-7-2/h7-8,12-14H,2-3,6,9-11H2,1,4-5H3. The predicted molar refractivity (Wildman–Crippen MR) is 79.0 cm³/mol. The lowest BCUT2D eigenvalue weighted by atomic mass is 9.78. The molecule has 0 N–H and O–H groups in total. The number of rotatable bonds is 10. The van der Waals surface area contributed by atoms with Crippen LogP contribution in [0.1, 0.15) is 33.1 Å². The number of ether oxygens (including phenoxy) is 2. The molecule has 4 heteroatoms. The van der Waals surface area contributed by atoms with Crippen molar-refractivity contribution in [3.05, 3.63) is 25.3 Å². The molecule has 0 aliphatic heterocycles. The Morgan fingerprint density at radius 2 is 1.85 bits per heavy atom. The van der Waals surface area contributed by atoms with E-state index in [9.17, 15) is 9.59 Å². The second-order valence-electron chi connectivity index (χ2n) is 4.67. The van der Waals surface area contributed by atoms with Crippen LogP contribution in [0.4, 0.5) is 0 Å². The number of hydrogen-bond acceptors (Lipinski definition) is 4. The molecule has 0 saturated heterocycles. The lowest BCUT2D eigenvalue weighted by Gasteiger charge is -2.28. The number of allylic oxidation sites excluding steroid dienone is 1. The van der Waals surface area contributed by atoms with Crippen molar-refractivity contribution in [1.82, 2.24) is 0 Å². The molecule has 0 fully saturated rings. The van der Waals surface area contributed by atoms with Gasteiger partial charge in [-0.3, -0.25) is 9.59 Å². The summed E-state index contributed by atoms with van der Waals surface area (Å²) in [5.41, 5.74) is 0. The zero-order valence-electron chi connectivity index (χ0n) is 12.8. The van der Waals surface area contributed by atoms with Gasteiger partial charge in [-0.15, -0.1) is 6.58 Å². The quantitative estimate of drug-likeness (QED) is 0.456. The summed E-state index contributed by atoms with van der Waals surface area (Å²) in [7, 11) is 1.34. The molecule has 0 heterocycles. The molecule has 0 aromatic heterocycles. The van der Waals surface area contributed by atoms with Crippen molar-refractivity contribution < 1.29 is 19.1 Å². The number of carbonyl (C=O) groups is 2. The van der Waals surface area contributed by atoms with Crippen LogP contribution in [0.5, 0.6) is 0 Å². The van der Waals surface area contributed by atoms with Crippen LogP contribution in [-0.4, -0.2) is 25.7 Å². The van der Waals surface area contributed by atoms with Gasteiger partial charge in [-0.1, -0.05) is 39.0 Å². The van der Waals surface area contributed by atoms with Crippen molar-refractivity contribution in [2.75, 3.05) is 13.7 Å². The maximum Gasteiger partial charge on any atom is 0.310 e. The molecule has 0 amide bonds. The fourth-order valence-corrected chi connectivity index (χ4v) is 2.37. The van der Waals surface area contributed by atoms with E-state index < -0.39 is 11.8 Å². The normalized spacial score (nSPS) is 14.8. The Morgan fingerprint density at radius 3 is 2.25 bits per heavy atom. The number of hydrogen-bond donors (Lipinski definition) is 0. The van der Waals surface area contributed by atoms with Gasteiger partial charge in [0.05, 0.1) is 18.9 Å². The van der Waals surface area contributed by atoms with E-state index in [1.165, 1.54) is 13.2 Å². The monoisotopic (exact) mass is 282 g/mol. The second-order valence-corrected chi connectivity index (χ2v) is 4.67. The van der Waals surface area contributed by atoms with Crippen molar-refractivity contribution in [1.29, 1.82) is 0 Å². The topological polar surface area (TPSA) is 52.6 Å². The molecule has 20 heavy (non-hydrogen) atoms. The maximum absolute atomic E-state index is 12.1. The summed E-state index contributed by atoms with van der Waals surface area (Å²) in [6.45, 7) is 11.3. The molecule has 3 atom stereocenters. The zero-order valence-corrected chi connectivity index (χ0v) is 12.8. The van der Waals surface area contributed by atoms with Gasteiger partial charge in [0, 0.05) is 0 Å². The Morgan fingerprint density at radius 1 is 1.20 bits per heavy atom. The molecule has 0 aromatic rings. The van der Waals surface area contributed by atoms with Gasteiger partial charge >= 0.3 is 11.9 Å². The molecule has 0 spiro atoms. The Labute approximate surface area is 121 Å².